The van der Waals surface area contributed by atoms with E-state index in [1.807, 2.05) is 19.2 Å². The second-order valence-corrected chi connectivity index (χ2v) is 3.37. The third-order valence-corrected chi connectivity index (χ3v) is 2.49. The summed E-state index contributed by atoms with van der Waals surface area (Å²) >= 11 is 0. The lowest BCUT2D eigenvalue weighted by atomic mass is 10.2. The van der Waals surface area contributed by atoms with Gasteiger partial charge in [-0.3, -0.25) is 15.0 Å². The topological polar surface area (TPSA) is 58.7 Å². The molecule has 0 aliphatic carbocycles. The fraction of sp³-hybridized carbons (Fsp3) is 0.625. The lowest BCUT2D eigenvalue weighted by Crippen LogP contribution is -2.43. The van der Waals surface area contributed by atoms with E-state index in [1.165, 1.54) is 0 Å². The van der Waals surface area contributed by atoms with Crippen LogP contribution in [0.4, 0.5) is 0 Å². The van der Waals surface area contributed by atoms with Gasteiger partial charge in [0, 0.05) is 23.6 Å². The summed E-state index contributed by atoms with van der Waals surface area (Å²) in [5.74, 6) is 0.764. The molecule has 70 valence electrons. The number of nitrogens with zero attached hydrogens (tertiary/aromatic N) is 3. The first-order valence-electron chi connectivity index (χ1n) is 4.34. The molecule has 0 spiro atoms. The number of nitro groups is 1. The molecule has 2 heterocycles. The maximum absolute atomic E-state index is 10.7. The molecule has 2 aliphatic rings. The Kier molecular flexibility index (Phi) is 1.79. The van der Waals surface area contributed by atoms with E-state index in [0.29, 0.717) is 6.42 Å². The SMILES string of the molecule is CC1CC=NC2=CCC([N+](=O)[O-])N21. The summed E-state index contributed by atoms with van der Waals surface area (Å²) in [5.41, 5.74) is 0. The molecule has 0 aromatic carbocycles. The van der Waals surface area contributed by atoms with Gasteiger partial charge in [0.05, 0.1) is 6.42 Å². The molecule has 0 fully saturated rings. The number of hydrogen-bond acceptors (Lipinski definition) is 4. The number of aliphatic imine (C=N–C) groups is 1. The molecular formula is C8H11N3O2. The van der Waals surface area contributed by atoms with Gasteiger partial charge in [-0.05, 0) is 13.0 Å². The van der Waals surface area contributed by atoms with Gasteiger partial charge in [-0.2, -0.15) is 0 Å². The average Bonchev–Trinajstić information content (AvgIpc) is 2.49. The van der Waals surface area contributed by atoms with Crippen molar-refractivity contribution in [3.63, 3.8) is 0 Å². The first-order chi connectivity index (χ1) is 6.20. The van der Waals surface area contributed by atoms with Crippen molar-refractivity contribution in [2.24, 2.45) is 4.99 Å². The third kappa shape index (κ3) is 1.20. The lowest BCUT2D eigenvalue weighted by Gasteiger charge is -2.30. The second kappa shape index (κ2) is 2.83. The van der Waals surface area contributed by atoms with Gasteiger partial charge in [0.25, 0.3) is 6.17 Å². The summed E-state index contributed by atoms with van der Waals surface area (Å²) in [6, 6.07) is 0.196. The van der Waals surface area contributed by atoms with E-state index >= 15 is 0 Å². The van der Waals surface area contributed by atoms with Crippen LogP contribution in [0.2, 0.25) is 0 Å². The van der Waals surface area contributed by atoms with Crippen molar-refractivity contribution in [3.05, 3.63) is 22.0 Å². The van der Waals surface area contributed by atoms with E-state index in [2.05, 4.69) is 4.99 Å². The van der Waals surface area contributed by atoms with Gasteiger partial charge in [0.1, 0.15) is 5.82 Å². The van der Waals surface area contributed by atoms with Crippen molar-refractivity contribution in [2.45, 2.75) is 32.0 Å². The predicted octanol–water partition coefficient (Wildman–Crippen LogP) is 0.999. The van der Waals surface area contributed by atoms with Crippen molar-refractivity contribution in [3.8, 4) is 0 Å². The number of rotatable bonds is 1. The molecule has 2 unspecified atom stereocenters. The van der Waals surface area contributed by atoms with Gasteiger partial charge in [0.2, 0.25) is 0 Å². The molecule has 0 aromatic rings. The van der Waals surface area contributed by atoms with E-state index in [9.17, 15) is 10.1 Å². The van der Waals surface area contributed by atoms with Crippen LogP contribution in [-0.4, -0.2) is 28.2 Å². The summed E-state index contributed by atoms with van der Waals surface area (Å²) in [7, 11) is 0. The Labute approximate surface area is 75.9 Å². The van der Waals surface area contributed by atoms with Gasteiger partial charge < -0.3 is 0 Å². The van der Waals surface area contributed by atoms with Crippen LogP contribution >= 0.6 is 0 Å². The maximum atomic E-state index is 10.7. The molecule has 5 heteroatoms. The number of hydrogen-bond donors (Lipinski definition) is 0. The minimum atomic E-state index is -0.595. The van der Waals surface area contributed by atoms with Crippen LogP contribution in [0.3, 0.4) is 0 Å². The van der Waals surface area contributed by atoms with Crippen molar-refractivity contribution >= 4 is 6.21 Å². The first-order valence-corrected chi connectivity index (χ1v) is 4.34. The van der Waals surface area contributed by atoms with Gasteiger partial charge in [-0.15, -0.1) is 0 Å². The van der Waals surface area contributed by atoms with Gasteiger partial charge >= 0.3 is 0 Å². The zero-order chi connectivity index (χ0) is 9.42. The fourth-order valence-corrected chi connectivity index (χ4v) is 1.82. The molecule has 0 N–H and O–H groups in total. The monoisotopic (exact) mass is 181 g/mol. The van der Waals surface area contributed by atoms with E-state index in [-0.39, 0.29) is 11.0 Å². The summed E-state index contributed by atoms with van der Waals surface area (Å²) in [6.07, 6.45) is 4.34. The molecule has 2 atom stereocenters. The smallest absolute Gasteiger partial charge is 0.291 e. The molecule has 0 saturated carbocycles. The van der Waals surface area contributed by atoms with Crippen LogP contribution < -0.4 is 0 Å². The molecule has 0 amide bonds. The predicted molar refractivity (Wildman–Crippen MR) is 47.9 cm³/mol. The van der Waals surface area contributed by atoms with Gasteiger partial charge in [-0.25, -0.2) is 4.99 Å². The van der Waals surface area contributed by atoms with Gasteiger partial charge in [0.15, 0.2) is 0 Å². The zero-order valence-electron chi connectivity index (χ0n) is 7.38. The van der Waals surface area contributed by atoms with Crippen molar-refractivity contribution in [1.29, 1.82) is 0 Å². The fourth-order valence-electron chi connectivity index (χ4n) is 1.82. The van der Waals surface area contributed by atoms with Crippen molar-refractivity contribution in [2.75, 3.05) is 0 Å². The summed E-state index contributed by atoms with van der Waals surface area (Å²) in [4.78, 5) is 16.4. The Balaban J connectivity index is 2.26. The molecule has 0 aromatic heterocycles. The normalized spacial score (nSPS) is 31.5. The van der Waals surface area contributed by atoms with Crippen LogP contribution in [0.5, 0.6) is 0 Å². The molecule has 2 rings (SSSR count). The number of fused-ring (bicyclic) bond motifs is 1. The average molecular weight is 181 g/mol. The van der Waals surface area contributed by atoms with E-state index in [1.54, 1.807) is 4.90 Å². The van der Waals surface area contributed by atoms with Crippen LogP contribution in [0, 0.1) is 10.1 Å². The molecule has 5 nitrogen and oxygen atoms in total. The lowest BCUT2D eigenvalue weighted by molar-refractivity contribution is -0.546. The highest BCUT2D eigenvalue weighted by Crippen LogP contribution is 2.29. The Morgan fingerprint density at radius 1 is 1.69 bits per heavy atom. The quantitative estimate of drug-likeness (QED) is 0.448. The Morgan fingerprint density at radius 3 is 3.15 bits per heavy atom. The van der Waals surface area contributed by atoms with E-state index in [0.717, 1.165) is 12.2 Å². The maximum Gasteiger partial charge on any atom is 0.292 e. The summed E-state index contributed by atoms with van der Waals surface area (Å²) in [6.45, 7) is 1.99. The minimum Gasteiger partial charge on any atom is -0.291 e. The second-order valence-electron chi connectivity index (χ2n) is 3.37. The standard InChI is InChI=1S/C8H11N3O2/c1-6-4-5-9-7-2-3-8(10(6)7)11(12)13/h2,5-6,8H,3-4H2,1H3. The molecule has 13 heavy (non-hydrogen) atoms. The van der Waals surface area contributed by atoms with Crippen LogP contribution in [-0.2, 0) is 0 Å². The third-order valence-electron chi connectivity index (χ3n) is 2.49. The van der Waals surface area contributed by atoms with Crippen molar-refractivity contribution < 1.29 is 4.92 Å². The molecular weight excluding hydrogens is 170 g/mol. The highest BCUT2D eigenvalue weighted by Gasteiger charge is 2.38. The van der Waals surface area contributed by atoms with Crippen LogP contribution in [0.25, 0.3) is 0 Å². The molecule has 0 radical (unpaired) electrons. The van der Waals surface area contributed by atoms with E-state index in [4.69, 9.17) is 0 Å². The van der Waals surface area contributed by atoms with E-state index < -0.39 is 6.17 Å². The Hall–Kier alpha value is -1.39. The highest BCUT2D eigenvalue weighted by atomic mass is 16.6. The highest BCUT2D eigenvalue weighted by molar-refractivity contribution is 5.61. The summed E-state index contributed by atoms with van der Waals surface area (Å²) < 4.78 is 0. The summed E-state index contributed by atoms with van der Waals surface area (Å²) in [5, 5.41) is 10.7. The molecule has 0 saturated heterocycles. The Morgan fingerprint density at radius 2 is 2.46 bits per heavy atom. The van der Waals surface area contributed by atoms with Gasteiger partial charge in [-0.1, -0.05) is 0 Å². The largest absolute Gasteiger partial charge is 0.292 e. The zero-order valence-corrected chi connectivity index (χ0v) is 7.38. The van der Waals surface area contributed by atoms with Crippen LogP contribution in [0.15, 0.2) is 16.9 Å². The van der Waals surface area contributed by atoms with Crippen molar-refractivity contribution in [1.82, 2.24) is 4.90 Å². The van der Waals surface area contributed by atoms with Crippen LogP contribution in [0.1, 0.15) is 19.8 Å². The molecule has 2 aliphatic heterocycles. The minimum absolute atomic E-state index is 0.196. The Bertz CT molecular complexity index is 298. The molecule has 0 bridgehead atoms. The first kappa shape index (κ1) is 8.22.